The van der Waals surface area contributed by atoms with Crippen LogP contribution >= 0.6 is 0 Å². The maximum Gasteiger partial charge on any atom is 0.239 e. The van der Waals surface area contributed by atoms with Gasteiger partial charge in [0.2, 0.25) is 5.91 Å². The first kappa shape index (κ1) is 14.4. The minimum Gasteiger partial charge on any atom is -0.382 e. The van der Waals surface area contributed by atoms with Crippen molar-refractivity contribution in [1.29, 1.82) is 0 Å². The van der Waals surface area contributed by atoms with Gasteiger partial charge in [-0.1, -0.05) is 13.8 Å². The molecule has 0 radical (unpaired) electrons. The molecule has 5 nitrogen and oxygen atoms in total. The molecule has 0 spiro atoms. The maximum atomic E-state index is 12.1. The summed E-state index contributed by atoms with van der Waals surface area (Å²) >= 11 is 0. The number of nitrogens with zero attached hydrogens (tertiary/aromatic N) is 1. The number of rotatable bonds is 5. The third-order valence-corrected chi connectivity index (χ3v) is 2.85. The van der Waals surface area contributed by atoms with E-state index in [0.717, 1.165) is 6.42 Å². The zero-order chi connectivity index (χ0) is 12.8. The van der Waals surface area contributed by atoms with E-state index in [1.54, 1.807) is 12.0 Å². The Hall–Kier alpha value is -0.650. The summed E-state index contributed by atoms with van der Waals surface area (Å²) in [6, 6.07) is -0.392. The van der Waals surface area contributed by atoms with Crippen LogP contribution in [0.4, 0.5) is 0 Å². The normalized spacial score (nSPS) is 22.9. The Balaban J connectivity index is 2.45. The Bertz CT molecular complexity index is 244. The molecule has 0 aromatic heterocycles. The van der Waals surface area contributed by atoms with Gasteiger partial charge in [-0.15, -0.1) is 0 Å². The topological polar surface area (TPSA) is 64.8 Å². The summed E-state index contributed by atoms with van der Waals surface area (Å²) in [5.74, 6) is 0.466. The van der Waals surface area contributed by atoms with Crippen LogP contribution < -0.4 is 5.73 Å². The molecule has 0 aromatic rings. The Morgan fingerprint density at radius 1 is 1.59 bits per heavy atom. The van der Waals surface area contributed by atoms with Gasteiger partial charge in [-0.2, -0.15) is 0 Å². The molecule has 1 amide bonds. The van der Waals surface area contributed by atoms with Gasteiger partial charge in [0.05, 0.1) is 25.4 Å². The molecule has 1 aliphatic heterocycles. The van der Waals surface area contributed by atoms with Crippen LogP contribution in [0.1, 0.15) is 20.3 Å². The largest absolute Gasteiger partial charge is 0.382 e. The van der Waals surface area contributed by atoms with Gasteiger partial charge in [0, 0.05) is 20.2 Å². The Morgan fingerprint density at radius 2 is 2.29 bits per heavy atom. The molecule has 1 heterocycles. The summed E-state index contributed by atoms with van der Waals surface area (Å²) in [5.41, 5.74) is 5.91. The van der Waals surface area contributed by atoms with Gasteiger partial charge in [0.15, 0.2) is 0 Å². The van der Waals surface area contributed by atoms with Gasteiger partial charge in [-0.05, 0) is 12.3 Å². The number of nitrogens with two attached hydrogens (primary N) is 1. The first-order valence-corrected chi connectivity index (χ1v) is 6.19. The van der Waals surface area contributed by atoms with E-state index in [9.17, 15) is 4.79 Å². The highest BCUT2D eigenvalue weighted by atomic mass is 16.5. The molecule has 0 bridgehead atoms. The lowest BCUT2D eigenvalue weighted by molar-refractivity contribution is -0.142. The van der Waals surface area contributed by atoms with Crippen molar-refractivity contribution in [1.82, 2.24) is 4.90 Å². The highest BCUT2D eigenvalue weighted by Gasteiger charge is 2.27. The molecule has 1 fully saturated rings. The van der Waals surface area contributed by atoms with Crippen molar-refractivity contribution >= 4 is 5.91 Å². The van der Waals surface area contributed by atoms with Crippen molar-refractivity contribution in [3.8, 4) is 0 Å². The van der Waals surface area contributed by atoms with E-state index in [4.69, 9.17) is 15.2 Å². The first-order valence-electron chi connectivity index (χ1n) is 6.19. The number of ether oxygens (including phenoxy) is 2. The summed E-state index contributed by atoms with van der Waals surface area (Å²) in [6.45, 7) is 6.43. The summed E-state index contributed by atoms with van der Waals surface area (Å²) in [5, 5.41) is 0. The Morgan fingerprint density at radius 3 is 2.88 bits per heavy atom. The maximum absolute atomic E-state index is 12.1. The number of amides is 1. The quantitative estimate of drug-likeness (QED) is 0.752. The van der Waals surface area contributed by atoms with Gasteiger partial charge in [-0.25, -0.2) is 0 Å². The minimum atomic E-state index is -0.392. The molecule has 17 heavy (non-hydrogen) atoms. The summed E-state index contributed by atoms with van der Waals surface area (Å²) < 4.78 is 10.5. The van der Waals surface area contributed by atoms with Crippen molar-refractivity contribution < 1.29 is 14.3 Å². The Kier molecular flexibility index (Phi) is 5.88. The minimum absolute atomic E-state index is 0.0241. The molecule has 1 unspecified atom stereocenters. The lowest BCUT2D eigenvalue weighted by Gasteiger charge is -2.34. The average molecular weight is 244 g/mol. The Labute approximate surface area is 103 Å². The zero-order valence-corrected chi connectivity index (χ0v) is 11.0. The lowest BCUT2D eigenvalue weighted by Crippen LogP contribution is -2.52. The molecule has 0 aromatic carbocycles. The highest BCUT2D eigenvalue weighted by molar-refractivity contribution is 5.81. The molecule has 1 aliphatic rings. The van der Waals surface area contributed by atoms with Crippen LogP contribution in [0.2, 0.25) is 0 Å². The SMILES string of the molecule is COCC1CN(C(=O)[C@@H](N)CC(C)C)CCO1. The molecule has 1 saturated heterocycles. The fourth-order valence-corrected chi connectivity index (χ4v) is 2.05. The number of hydrogen-bond acceptors (Lipinski definition) is 4. The van der Waals surface area contributed by atoms with Gasteiger partial charge < -0.3 is 20.1 Å². The van der Waals surface area contributed by atoms with Crippen molar-refractivity contribution in [2.45, 2.75) is 32.4 Å². The monoisotopic (exact) mass is 244 g/mol. The van der Waals surface area contributed by atoms with Crippen LogP contribution in [0.25, 0.3) is 0 Å². The van der Waals surface area contributed by atoms with E-state index in [2.05, 4.69) is 13.8 Å². The van der Waals surface area contributed by atoms with Gasteiger partial charge in [0.25, 0.3) is 0 Å². The van der Waals surface area contributed by atoms with Crippen LogP contribution in [0.3, 0.4) is 0 Å². The molecular formula is C12H24N2O3. The molecule has 1 rings (SSSR count). The lowest BCUT2D eigenvalue weighted by atomic mass is 10.0. The van der Waals surface area contributed by atoms with E-state index in [-0.39, 0.29) is 12.0 Å². The number of carbonyl (C=O) groups is 1. The van der Waals surface area contributed by atoms with E-state index in [1.165, 1.54) is 0 Å². The molecule has 5 heteroatoms. The third-order valence-electron chi connectivity index (χ3n) is 2.85. The van der Waals surface area contributed by atoms with Gasteiger partial charge >= 0.3 is 0 Å². The van der Waals surface area contributed by atoms with E-state index < -0.39 is 6.04 Å². The van der Waals surface area contributed by atoms with Gasteiger partial charge in [-0.3, -0.25) is 4.79 Å². The predicted octanol–water partition coefficient (Wildman–Crippen LogP) is 0.234. The number of morpholine rings is 1. The van der Waals surface area contributed by atoms with Crippen LogP contribution in [0, 0.1) is 5.92 Å². The number of carbonyl (C=O) groups excluding carboxylic acids is 1. The molecule has 2 N–H and O–H groups in total. The van der Waals surface area contributed by atoms with Crippen LogP contribution in [0.5, 0.6) is 0 Å². The molecular weight excluding hydrogens is 220 g/mol. The number of hydrogen-bond donors (Lipinski definition) is 1. The highest BCUT2D eigenvalue weighted by Crippen LogP contribution is 2.10. The molecule has 0 saturated carbocycles. The second-order valence-corrected chi connectivity index (χ2v) is 4.97. The van der Waals surface area contributed by atoms with E-state index >= 15 is 0 Å². The summed E-state index contributed by atoms with van der Waals surface area (Å²) in [4.78, 5) is 13.9. The smallest absolute Gasteiger partial charge is 0.239 e. The second-order valence-electron chi connectivity index (χ2n) is 4.97. The fraction of sp³-hybridized carbons (Fsp3) is 0.917. The molecule has 0 aliphatic carbocycles. The van der Waals surface area contributed by atoms with Crippen molar-refractivity contribution in [3.05, 3.63) is 0 Å². The second kappa shape index (κ2) is 6.93. The number of methoxy groups -OCH3 is 1. The van der Waals surface area contributed by atoms with E-state index in [0.29, 0.717) is 32.2 Å². The zero-order valence-electron chi connectivity index (χ0n) is 11.0. The van der Waals surface area contributed by atoms with Crippen molar-refractivity contribution in [2.24, 2.45) is 11.7 Å². The van der Waals surface area contributed by atoms with Crippen molar-refractivity contribution in [2.75, 3.05) is 33.4 Å². The fourth-order valence-electron chi connectivity index (χ4n) is 2.05. The molecule has 100 valence electrons. The first-order chi connectivity index (χ1) is 8.04. The van der Waals surface area contributed by atoms with E-state index in [1.807, 2.05) is 0 Å². The summed E-state index contributed by atoms with van der Waals surface area (Å²) in [7, 11) is 1.63. The van der Waals surface area contributed by atoms with Crippen LogP contribution in [-0.2, 0) is 14.3 Å². The summed E-state index contributed by atoms with van der Waals surface area (Å²) in [6.07, 6.45) is 0.703. The predicted molar refractivity (Wildman–Crippen MR) is 65.6 cm³/mol. The average Bonchev–Trinajstić information content (AvgIpc) is 2.28. The van der Waals surface area contributed by atoms with Gasteiger partial charge in [0.1, 0.15) is 0 Å². The third kappa shape index (κ3) is 4.61. The van der Waals surface area contributed by atoms with Crippen LogP contribution in [-0.4, -0.2) is 56.4 Å². The molecule has 2 atom stereocenters. The van der Waals surface area contributed by atoms with Crippen LogP contribution in [0.15, 0.2) is 0 Å². The van der Waals surface area contributed by atoms with Crippen molar-refractivity contribution in [3.63, 3.8) is 0 Å². The standard InChI is InChI=1S/C12H24N2O3/c1-9(2)6-11(13)12(15)14-4-5-17-10(7-14)8-16-3/h9-11H,4-8,13H2,1-3H3/t10?,11-/m0/s1.